The summed E-state index contributed by atoms with van der Waals surface area (Å²) in [7, 11) is 0. The first-order chi connectivity index (χ1) is 25.7. The van der Waals surface area contributed by atoms with E-state index in [0.717, 1.165) is 51.4 Å². The third-order valence-corrected chi connectivity index (χ3v) is 10.4. The van der Waals surface area contributed by atoms with E-state index in [2.05, 4.69) is 67.8 Å². The average molecular weight is 728 g/mol. The normalized spacial score (nSPS) is 13.4. The lowest BCUT2D eigenvalue weighted by Crippen LogP contribution is -2.45. The Morgan fingerprint density at radius 2 is 0.846 bits per heavy atom. The number of allylic oxidation sites excluding steroid dienone is 8. The van der Waals surface area contributed by atoms with Gasteiger partial charge in [-0.3, -0.25) is 4.79 Å². The largest absolute Gasteiger partial charge is 0.394 e. The Kier molecular flexibility index (Phi) is 42.4. The van der Waals surface area contributed by atoms with Crippen LogP contribution in [0.2, 0.25) is 0 Å². The second-order valence-electron chi connectivity index (χ2n) is 15.4. The molecular weight excluding hydrogens is 639 g/mol. The first kappa shape index (κ1) is 50.4. The van der Waals surface area contributed by atoms with Crippen LogP contribution in [-0.4, -0.2) is 34.9 Å². The molecule has 3 N–H and O–H groups in total. The van der Waals surface area contributed by atoms with Gasteiger partial charge in [-0.25, -0.2) is 0 Å². The van der Waals surface area contributed by atoms with Gasteiger partial charge in [0.1, 0.15) is 0 Å². The van der Waals surface area contributed by atoms with Gasteiger partial charge < -0.3 is 15.5 Å². The minimum atomic E-state index is -0.657. The molecule has 0 radical (unpaired) electrons. The summed E-state index contributed by atoms with van der Waals surface area (Å²) in [4.78, 5) is 12.4. The SMILES string of the molecule is CC/C=C\C/C=C\C/C=C\C/C=C\CCCCCCCCCCCCCCCCCCC(=O)NC(CO)C(O)CCCCCCCCCCCCC. The molecule has 2 unspecified atom stereocenters. The van der Waals surface area contributed by atoms with Crippen LogP contribution in [0.3, 0.4) is 0 Å². The van der Waals surface area contributed by atoms with Crippen LogP contribution < -0.4 is 5.32 Å². The number of aliphatic hydroxyl groups is 2. The molecule has 0 saturated heterocycles. The molecule has 0 rings (SSSR count). The highest BCUT2D eigenvalue weighted by Crippen LogP contribution is 2.16. The van der Waals surface area contributed by atoms with E-state index in [1.165, 1.54) is 154 Å². The number of hydrogen-bond acceptors (Lipinski definition) is 3. The van der Waals surface area contributed by atoms with Crippen molar-refractivity contribution in [1.29, 1.82) is 0 Å². The monoisotopic (exact) mass is 728 g/mol. The van der Waals surface area contributed by atoms with Crippen molar-refractivity contribution < 1.29 is 15.0 Å². The van der Waals surface area contributed by atoms with E-state index < -0.39 is 12.1 Å². The van der Waals surface area contributed by atoms with Crippen LogP contribution >= 0.6 is 0 Å². The molecule has 2 atom stereocenters. The van der Waals surface area contributed by atoms with Crippen LogP contribution in [0.5, 0.6) is 0 Å². The lowest BCUT2D eigenvalue weighted by Gasteiger charge is -2.22. The highest BCUT2D eigenvalue weighted by molar-refractivity contribution is 5.76. The van der Waals surface area contributed by atoms with E-state index in [0.29, 0.717) is 12.8 Å². The van der Waals surface area contributed by atoms with Crippen molar-refractivity contribution in [3.63, 3.8) is 0 Å². The summed E-state index contributed by atoms with van der Waals surface area (Å²) in [5.41, 5.74) is 0. The third kappa shape index (κ3) is 39.6. The standard InChI is InChI=1S/C48H89NO3/c1-3-5-7-9-11-13-15-16-17-18-19-20-21-22-23-24-25-26-27-28-29-30-31-32-34-36-38-40-42-44-48(52)49-46(45-50)47(51)43-41-39-37-35-33-14-12-10-8-6-4-2/h5,7,11,13,16-17,19-20,46-47,50-51H,3-4,6,8-10,12,14-15,18,21-45H2,1-2H3,(H,49,52)/b7-5-,13-11-,17-16-,20-19-. The number of unbranched alkanes of at least 4 members (excludes halogenated alkanes) is 26. The zero-order valence-corrected chi connectivity index (χ0v) is 34.8. The maximum atomic E-state index is 12.4. The molecule has 0 saturated carbocycles. The van der Waals surface area contributed by atoms with E-state index in [9.17, 15) is 15.0 Å². The summed E-state index contributed by atoms with van der Waals surface area (Å²) in [6, 6.07) is -0.534. The number of hydrogen-bond donors (Lipinski definition) is 3. The maximum Gasteiger partial charge on any atom is 0.220 e. The number of carbonyl (C=O) groups is 1. The fourth-order valence-electron chi connectivity index (χ4n) is 6.88. The Morgan fingerprint density at radius 3 is 1.27 bits per heavy atom. The third-order valence-electron chi connectivity index (χ3n) is 10.4. The van der Waals surface area contributed by atoms with Crippen LogP contribution in [0.4, 0.5) is 0 Å². The van der Waals surface area contributed by atoms with Crippen LogP contribution in [0, 0.1) is 0 Å². The maximum absolute atomic E-state index is 12.4. The van der Waals surface area contributed by atoms with E-state index in [4.69, 9.17) is 0 Å². The second kappa shape index (κ2) is 43.8. The molecule has 0 aliphatic rings. The molecular formula is C48H89NO3. The molecule has 304 valence electrons. The molecule has 0 bridgehead atoms. The fraction of sp³-hybridized carbons (Fsp3) is 0.812. The predicted molar refractivity (Wildman–Crippen MR) is 230 cm³/mol. The van der Waals surface area contributed by atoms with Crippen LogP contribution in [-0.2, 0) is 4.79 Å². The van der Waals surface area contributed by atoms with E-state index in [-0.39, 0.29) is 12.5 Å². The Labute approximate surface area is 324 Å². The highest BCUT2D eigenvalue weighted by Gasteiger charge is 2.20. The fourth-order valence-corrected chi connectivity index (χ4v) is 6.88. The summed E-state index contributed by atoms with van der Waals surface area (Å²) < 4.78 is 0. The minimum absolute atomic E-state index is 0.0326. The Balaban J connectivity index is 3.45. The van der Waals surface area contributed by atoms with Crippen molar-refractivity contribution in [1.82, 2.24) is 5.32 Å². The molecule has 0 aliphatic carbocycles. The van der Waals surface area contributed by atoms with Gasteiger partial charge in [0.2, 0.25) is 5.91 Å². The lowest BCUT2D eigenvalue weighted by atomic mass is 10.0. The first-order valence-electron chi connectivity index (χ1n) is 22.8. The molecule has 52 heavy (non-hydrogen) atoms. The molecule has 0 aromatic rings. The Hall–Kier alpha value is -1.65. The molecule has 0 aromatic heterocycles. The zero-order valence-electron chi connectivity index (χ0n) is 34.8. The van der Waals surface area contributed by atoms with Gasteiger partial charge in [0.25, 0.3) is 0 Å². The molecule has 4 heteroatoms. The van der Waals surface area contributed by atoms with Gasteiger partial charge in [-0.15, -0.1) is 0 Å². The second-order valence-corrected chi connectivity index (χ2v) is 15.4. The molecule has 0 fully saturated rings. The number of rotatable bonds is 41. The minimum Gasteiger partial charge on any atom is -0.394 e. The van der Waals surface area contributed by atoms with Crippen LogP contribution in [0.25, 0.3) is 0 Å². The summed E-state index contributed by atoms with van der Waals surface area (Å²) in [6.45, 7) is 4.24. The molecule has 0 aliphatic heterocycles. The van der Waals surface area contributed by atoms with E-state index >= 15 is 0 Å². The van der Waals surface area contributed by atoms with Crippen molar-refractivity contribution in [2.45, 2.75) is 244 Å². The number of carbonyl (C=O) groups excluding carboxylic acids is 1. The highest BCUT2D eigenvalue weighted by atomic mass is 16.3. The van der Waals surface area contributed by atoms with Crippen molar-refractivity contribution >= 4 is 5.91 Å². The summed E-state index contributed by atoms with van der Waals surface area (Å²) in [6.07, 6.45) is 59.2. The molecule has 4 nitrogen and oxygen atoms in total. The van der Waals surface area contributed by atoms with Crippen molar-refractivity contribution in [2.75, 3.05) is 6.61 Å². The van der Waals surface area contributed by atoms with Gasteiger partial charge >= 0.3 is 0 Å². The number of amides is 1. The molecule has 0 heterocycles. The van der Waals surface area contributed by atoms with E-state index in [1.807, 2.05) is 0 Å². The van der Waals surface area contributed by atoms with E-state index in [1.54, 1.807) is 0 Å². The summed E-state index contributed by atoms with van der Waals surface area (Å²) in [5, 5.41) is 23.1. The Morgan fingerprint density at radius 1 is 0.481 bits per heavy atom. The van der Waals surface area contributed by atoms with Crippen LogP contribution in [0.15, 0.2) is 48.6 Å². The smallest absolute Gasteiger partial charge is 0.220 e. The number of aliphatic hydroxyl groups excluding tert-OH is 2. The van der Waals surface area contributed by atoms with Crippen molar-refractivity contribution in [3.8, 4) is 0 Å². The Bertz CT molecular complexity index is 831. The molecule has 1 amide bonds. The first-order valence-corrected chi connectivity index (χ1v) is 22.8. The van der Waals surface area contributed by atoms with Gasteiger partial charge in [0, 0.05) is 6.42 Å². The number of nitrogens with one attached hydrogen (secondary N) is 1. The summed E-state index contributed by atoms with van der Waals surface area (Å²) >= 11 is 0. The summed E-state index contributed by atoms with van der Waals surface area (Å²) in [5.74, 6) is -0.0326. The predicted octanol–water partition coefficient (Wildman–Crippen LogP) is 14.4. The van der Waals surface area contributed by atoms with Gasteiger partial charge in [0.15, 0.2) is 0 Å². The van der Waals surface area contributed by atoms with Gasteiger partial charge in [-0.2, -0.15) is 0 Å². The topological polar surface area (TPSA) is 69.6 Å². The van der Waals surface area contributed by atoms with Gasteiger partial charge in [0.05, 0.1) is 18.8 Å². The molecule has 0 spiro atoms. The van der Waals surface area contributed by atoms with Gasteiger partial charge in [-0.05, 0) is 51.4 Å². The van der Waals surface area contributed by atoms with Crippen LogP contribution in [0.1, 0.15) is 232 Å². The molecule has 0 aromatic carbocycles. The van der Waals surface area contributed by atoms with Gasteiger partial charge in [-0.1, -0.05) is 223 Å². The van der Waals surface area contributed by atoms with Crippen molar-refractivity contribution in [2.24, 2.45) is 0 Å². The lowest BCUT2D eigenvalue weighted by molar-refractivity contribution is -0.123. The average Bonchev–Trinajstić information content (AvgIpc) is 3.15. The quantitative estimate of drug-likeness (QED) is 0.0434. The zero-order chi connectivity index (χ0) is 37.8. The van der Waals surface area contributed by atoms with Crippen molar-refractivity contribution in [3.05, 3.63) is 48.6 Å².